The first-order valence-electron chi connectivity index (χ1n) is 11.7. The minimum Gasteiger partial charge on any atom is -0.494 e. The second-order valence-corrected chi connectivity index (χ2v) is 10.1. The first kappa shape index (κ1) is 21.0. The summed E-state index contributed by atoms with van der Waals surface area (Å²) in [6.45, 7) is 13.8. The van der Waals surface area contributed by atoms with Crippen molar-refractivity contribution >= 4 is 11.4 Å². The molecular formula is C30H32O2. The molecule has 5 rings (SSSR count). The highest BCUT2D eigenvalue weighted by atomic mass is 16.5. The van der Waals surface area contributed by atoms with Gasteiger partial charge in [0.15, 0.2) is 5.78 Å². The Kier molecular flexibility index (Phi) is 4.47. The van der Waals surface area contributed by atoms with E-state index in [1.807, 2.05) is 19.1 Å². The maximum atomic E-state index is 14.8. The minimum absolute atomic E-state index is 0.190. The van der Waals surface area contributed by atoms with Gasteiger partial charge in [0.05, 0.1) is 12.0 Å². The highest BCUT2D eigenvalue weighted by Crippen LogP contribution is 2.76. The molecule has 0 spiro atoms. The zero-order valence-corrected chi connectivity index (χ0v) is 20.0. The lowest BCUT2D eigenvalue weighted by molar-refractivity contribution is -0.120. The predicted molar refractivity (Wildman–Crippen MR) is 130 cm³/mol. The van der Waals surface area contributed by atoms with Crippen LogP contribution in [-0.4, -0.2) is 12.4 Å². The topological polar surface area (TPSA) is 26.3 Å². The molecule has 3 aliphatic rings. The smallest absolute Gasteiger partial charge is 0.179 e. The summed E-state index contributed by atoms with van der Waals surface area (Å²) in [5.41, 5.74) is 6.62. The van der Waals surface area contributed by atoms with Crippen LogP contribution in [-0.2, 0) is 14.9 Å². The molecule has 2 aromatic rings. The summed E-state index contributed by atoms with van der Waals surface area (Å²) in [4.78, 5) is 14.8. The SMILES string of the molecule is CCOC1=C2[C@@]3(C)C[C@](C)(C(C)=C3C)[C@@]2(c2ccccc2)C(=O)C(c2ccc(C)cc2)=C1. The average Bonchev–Trinajstić information content (AvgIpc) is 3.12. The van der Waals surface area contributed by atoms with Crippen molar-refractivity contribution in [3.05, 3.63) is 99.8 Å². The highest BCUT2D eigenvalue weighted by Gasteiger charge is 2.74. The van der Waals surface area contributed by atoms with Crippen LogP contribution < -0.4 is 0 Å². The molecule has 3 aliphatic carbocycles. The summed E-state index contributed by atoms with van der Waals surface area (Å²) in [5, 5.41) is 0. The van der Waals surface area contributed by atoms with Crippen LogP contribution in [0.25, 0.3) is 5.57 Å². The van der Waals surface area contributed by atoms with Gasteiger partial charge >= 0.3 is 0 Å². The molecule has 0 aliphatic heterocycles. The van der Waals surface area contributed by atoms with Crippen LogP contribution in [0.4, 0.5) is 0 Å². The molecule has 2 heteroatoms. The number of ketones is 1. The second-order valence-electron chi connectivity index (χ2n) is 10.1. The first-order valence-corrected chi connectivity index (χ1v) is 11.7. The van der Waals surface area contributed by atoms with E-state index in [1.54, 1.807) is 0 Å². The van der Waals surface area contributed by atoms with Crippen LogP contribution in [0.5, 0.6) is 0 Å². The Morgan fingerprint density at radius 3 is 2.19 bits per heavy atom. The van der Waals surface area contributed by atoms with Crippen molar-refractivity contribution < 1.29 is 9.53 Å². The largest absolute Gasteiger partial charge is 0.494 e. The van der Waals surface area contributed by atoms with E-state index in [0.717, 1.165) is 34.5 Å². The summed E-state index contributed by atoms with van der Waals surface area (Å²) in [7, 11) is 0. The van der Waals surface area contributed by atoms with Gasteiger partial charge in [0, 0.05) is 22.0 Å². The van der Waals surface area contributed by atoms with Crippen LogP contribution in [0.3, 0.4) is 0 Å². The van der Waals surface area contributed by atoms with Crippen molar-refractivity contribution in [3.8, 4) is 0 Å². The Hall–Kier alpha value is -2.87. The van der Waals surface area contributed by atoms with Crippen molar-refractivity contribution in [1.29, 1.82) is 0 Å². The van der Waals surface area contributed by atoms with Gasteiger partial charge in [-0.3, -0.25) is 4.79 Å². The number of carbonyl (C=O) groups excluding carboxylic acids is 1. The van der Waals surface area contributed by atoms with Gasteiger partial charge < -0.3 is 4.74 Å². The molecule has 1 fully saturated rings. The van der Waals surface area contributed by atoms with Gasteiger partial charge in [0.25, 0.3) is 0 Å². The maximum Gasteiger partial charge on any atom is 0.179 e. The Labute approximate surface area is 191 Å². The first-order chi connectivity index (χ1) is 15.2. The third kappa shape index (κ3) is 2.33. The molecule has 2 bridgehead atoms. The van der Waals surface area contributed by atoms with Crippen molar-refractivity contribution in [2.24, 2.45) is 10.8 Å². The van der Waals surface area contributed by atoms with E-state index >= 15 is 0 Å². The van der Waals surface area contributed by atoms with E-state index < -0.39 is 5.41 Å². The number of allylic oxidation sites excluding steroid dienone is 5. The Morgan fingerprint density at radius 2 is 1.56 bits per heavy atom. The van der Waals surface area contributed by atoms with Crippen LogP contribution in [0.2, 0.25) is 0 Å². The number of aryl methyl sites for hydroxylation is 1. The summed E-state index contributed by atoms with van der Waals surface area (Å²) in [6, 6.07) is 18.7. The molecule has 0 radical (unpaired) electrons. The normalized spacial score (nSPS) is 31.2. The number of hydrogen-bond acceptors (Lipinski definition) is 2. The summed E-state index contributed by atoms with van der Waals surface area (Å²) >= 11 is 0. The van der Waals surface area contributed by atoms with E-state index in [-0.39, 0.29) is 16.6 Å². The van der Waals surface area contributed by atoms with Crippen LogP contribution in [0, 0.1) is 17.8 Å². The molecule has 164 valence electrons. The van der Waals surface area contributed by atoms with Gasteiger partial charge in [-0.25, -0.2) is 0 Å². The minimum atomic E-state index is -0.758. The van der Waals surface area contributed by atoms with Gasteiger partial charge in [-0.2, -0.15) is 0 Å². The fraction of sp³-hybridized carbons (Fsp3) is 0.367. The standard InChI is InChI=1S/C30H32O2/c1-7-32-25-17-24(22-15-13-19(2)14-16-22)27(31)30(23-11-9-8-10-12-23)26(25)28(5)18-29(30,6)21(4)20(28)3/h8-17H,7,18H2,1-6H3/t28-,29+,30+/m0/s1. The molecule has 2 nitrogen and oxygen atoms in total. The Balaban J connectivity index is 1.91. The lowest BCUT2D eigenvalue weighted by Gasteiger charge is -2.50. The van der Waals surface area contributed by atoms with Crippen molar-refractivity contribution in [1.82, 2.24) is 0 Å². The van der Waals surface area contributed by atoms with Crippen molar-refractivity contribution in [2.45, 2.75) is 53.4 Å². The number of carbonyl (C=O) groups is 1. The molecular weight excluding hydrogens is 392 g/mol. The van der Waals surface area contributed by atoms with Crippen LogP contribution in [0.1, 0.15) is 57.7 Å². The monoisotopic (exact) mass is 424 g/mol. The zero-order chi connectivity index (χ0) is 22.9. The molecule has 3 atom stereocenters. The molecule has 2 aromatic carbocycles. The Bertz CT molecular complexity index is 1210. The lowest BCUT2D eigenvalue weighted by atomic mass is 9.51. The summed E-state index contributed by atoms with van der Waals surface area (Å²) in [6.07, 6.45) is 2.95. The van der Waals surface area contributed by atoms with E-state index in [0.29, 0.717) is 6.61 Å². The quantitative estimate of drug-likeness (QED) is 0.496. The van der Waals surface area contributed by atoms with E-state index in [4.69, 9.17) is 4.74 Å². The molecule has 32 heavy (non-hydrogen) atoms. The van der Waals surface area contributed by atoms with Crippen molar-refractivity contribution in [2.75, 3.05) is 6.61 Å². The average molecular weight is 425 g/mol. The Morgan fingerprint density at radius 1 is 0.906 bits per heavy atom. The maximum absolute atomic E-state index is 14.8. The fourth-order valence-electron chi connectivity index (χ4n) is 6.97. The molecule has 1 saturated carbocycles. The number of benzene rings is 2. The third-order valence-corrected chi connectivity index (χ3v) is 8.66. The second kappa shape index (κ2) is 6.81. The van der Waals surface area contributed by atoms with Crippen LogP contribution >= 0.6 is 0 Å². The highest BCUT2D eigenvalue weighted by molar-refractivity contribution is 6.29. The van der Waals surface area contributed by atoms with Crippen LogP contribution in [0.15, 0.2) is 83.2 Å². The number of fused-ring (bicyclic) bond motifs is 5. The molecule has 0 N–H and O–H groups in total. The van der Waals surface area contributed by atoms with E-state index in [9.17, 15) is 4.79 Å². The predicted octanol–water partition coefficient (Wildman–Crippen LogP) is 6.96. The lowest BCUT2D eigenvalue weighted by Crippen LogP contribution is -2.52. The number of rotatable bonds is 4. The van der Waals surface area contributed by atoms with E-state index in [1.165, 1.54) is 16.7 Å². The van der Waals surface area contributed by atoms with Gasteiger partial charge in [0.2, 0.25) is 0 Å². The molecule has 0 amide bonds. The van der Waals surface area contributed by atoms with Gasteiger partial charge in [-0.1, -0.05) is 85.2 Å². The number of hydrogen-bond donors (Lipinski definition) is 0. The fourth-order valence-corrected chi connectivity index (χ4v) is 6.97. The van der Waals surface area contributed by atoms with Gasteiger partial charge in [-0.05, 0) is 51.3 Å². The summed E-state index contributed by atoms with van der Waals surface area (Å²) in [5.74, 6) is 1.08. The number of Topliss-reactive ketones (excluding diaryl/α,β-unsaturated/α-hetero) is 1. The van der Waals surface area contributed by atoms with Gasteiger partial charge in [0.1, 0.15) is 5.76 Å². The number of ether oxygens (including phenoxy) is 1. The molecule has 0 heterocycles. The van der Waals surface area contributed by atoms with E-state index in [2.05, 4.69) is 83.1 Å². The van der Waals surface area contributed by atoms with Gasteiger partial charge in [-0.15, -0.1) is 0 Å². The summed E-state index contributed by atoms with van der Waals surface area (Å²) < 4.78 is 6.34. The third-order valence-electron chi connectivity index (χ3n) is 8.66. The molecule has 0 saturated heterocycles. The van der Waals surface area contributed by atoms with Crippen molar-refractivity contribution in [3.63, 3.8) is 0 Å². The molecule has 0 unspecified atom stereocenters. The molecule has 0 aromatic heterocycles. The zero-order valence-electron chi connectivity index (χ0n) is 20.0.